The van der Waals surface area contributed by atoms with E-state index in [2.05, 4.69) is 40.7 Å². The number of benzene rings is 1. The Labute approximate surface area is 106 Å². The molecular weight excluding hydrogens is 264 g/mol. The molecule has 2 N–H and O–H groups in total. The normalized spacial score (nSPS) is 20.2. The van der Waals surface area contributed by atoms with E-state index >= 15 is 0 Å². The van der Waals surface area contributed by atoms with Crippen molar-refractivity contribution >= 4 is 21.6 Å². The number of hydrogen-bond donors (Lipinski definition) is 1. The van der Waals surface area contributed by atoms with Crippen LogP contribution >= 0.6 is 15.9 Å². The Morgan fingerprint density at radius 3 is 2.75 bits per heavy atom. The standard InChI is InChI=1S/C13H19BrN2/c1-13(2)6-3-7-16(13)9-10-4-5-11(15)8-12(10)14/h4-5,8H,3,6-7,9,15H2,1-2H3. The lowest BCUT2D eigenvalue weighted by Crippen LogP contribution is -2.37. The Morgan fingerprint density at radius 1 is 1.44 bits per heavy atom. The van der Waals surface area contributed by atoms with Crippen molar-refractivity contribution < 1.29 is 0 Å². The summed E-state index contributed by atoms with van der Waals surface area (Å²) in [5.74, 6) is 0. The molecule has 1 saturated heterocycles. The van der Waals surface area contributed by atoms with Crippen molar-refractivity contribution in [3.05, 3.63) is 28.2 Å². The zero-order chi connectivity index (χ0) is 11.8. The number of rotatable bonds is 2. The Bertz CT molecular complexity index is 388. The summed E-state index contributed by atoms with van der Waals surface area (Å²) in [5, 5.41) is 0. The summed E-state index contributed by atoms with van der Waals surface area (Å²) in [6.07, 6.45) is 2.60. The number of nitrogens with zero attached hydrogens (tertiary/aromatic N) is 1. The average molecular weight is 283 g/mol. The average Bonchev–Trinajstić information content (AvgIpc) is 2.50. The van der Waals surface area contributed by atoms with Gasteiger partial charge in [0, 0.05) is 22.2 Å². The van der Waals surface area contributed by atoms with Crippen LogP contribution in [0.4, 0.5) is 5.69 Å². The van der Waals surface area contributed by atoms with E-state index in [1.165, 1.54) is 24.9 Å². The topological polar surface area (TPSA) is 29.3 Å². The Balaban J connectivity index is 2.15. The molecule has 16 heavy (non-hydrogen) atoms. The first-order valence-electron chi connectivity index (χ1n) is 5.78. The van der Waals surface area contributed by atoms with Crippen LogP contribution in [0.2, 0.25) is 0 Å². The molecule has 0 aliphatic carbocycles. The number of hydrogen-bond acceptors (Lipinski definition) is 2. The van der Waals surface area contributed by atoms with Crippen LogP contribution in [-0.2, 0) is 6.54 Å². The minimum Gasteiger partial charge on any atom is -0.399 e. The third kappa shape index (κ3) is 2.41. The van der Waals surface area contributed by atoms with E-state index in [1.807, 2.05) is 12.1 Å². The molecule has 1 aromatic rings. The molecule has 2 nitrogen and oxygen atoms in total. The van der Waals surface area contributed by atoms with Gasteiger partial charge in [0.2, 0.25) is 0 Å². The monoisotopic (exact) mass is 282 g/mol. The molecule has 0 amide bonds. The van der Waals surface area contributed by atoms with Gasteiger partial charge in [-0.15, -0.1) is 0 Å². The van der Waals surface area contributed by atoms with Gasteiger partial charge in [-0.3, -0.25) is 4.90 Å². The van der Waals surface area contributed by atoms with Crippen LogP contribution in [0.5, 0.6) is 0 Å². The molecule has 1 aromatic carbocycles. The van der Waals surface area contributed by atoms with Crippen molar-refractivity contribution in [1.29, 1.82) is 0 Å². The fourth-order valence-electron chi connectivity index (χ4n) is 2.35. The largest absolute Gasteiger partial charge is 0.399 e. The van der Waals surface area contributed by atoms with Gasteiger partial charge in [0.15, 0.2) is 0 Å². The molecule has 0 saturated carbocycles. The number of nitrogens with two attached hydrogens (primary N) is 1. The maximum absolute atomic E-state index is 5.75. The summed E-state index contributed by atoms with van der Waals surface area (Å²) >= 11 is 3.59. The molecule has 88 valence electrons. The quantitative estimate of drug-likeness (QED) is 0.843. The van der Waals surface area contributed by atoms with Crippen molar-refractivity contribution in [3.63, 3.8) is 0 Å². The molecule has 1 aliphatic rings. The van der Waals surface area contributed by atoms with E-state index in [1.54, 1.807) is 0 Å². The molecule has 0 bridgehead atoms. The van der Waals surface area contributed by atoms with Crippen LogP contribution in [0.25, 0.3) is 0 Å². The minimum absolute atomic E-state index is 0.334. The van der Waals surface area contributed by atoms with Gasteiger partial charge in [0.25, 0.3) is 0 Å². The summed E-state index contributed by atoms with van der Waals surface area (Å²) in [4.78, 5) is 2.54. The SMILES string of the molecule is CC1(C)CCCN1Cc1ccc(N)cc1Br. The predicted octanol–water partition coefficient (Wildman–Crippen LogP) is 3.41. The van der Waals surface area contributed by atoms with Crippen molar-refractivity contribution in [3.8, 4) is 0 Å². The smallest absolute Gasteiger partial charge is 0.0325 e. The van der Waals surface area contributed by atoms with Crippen LogP contribution in [0, 0.1) is 0 Å². The molecule has 2 rings (SSSR count). The maximum atomic E-state index is 5.75. The van der Waals surface area contributed by atoms with Crippen LogP contribution in [0.15, 0.2) is 22.7 Å². The number of nitrogen functional groups attached to an aromatic ring is 1. The molecule has 0 spiro atoms. The lowest BCUT2D eigenvalue weighted by Gasteiger charge is -2.31. The van der Waals surface area contributed by atoms with E-state index in [9.17, 15) is 0 Å². The zero-order valence-electron chi connectivity index (χ0n) is 9.96. The molecule has 0 atom stereocenters. The van der Waals surface area contributed by atoms with Crippen molar-refractivity contribution in [2.75, 3.05) is 12.3 Å². The van der Waals surface area contributed by atoms with Gasteiger partial charge in [-0.1, -0.05) is 22.0 Å². The first-order chi connectivity index (χ1) is 7.49. The van der Waals surface area contributed by atoms with Crippen LogP contribution in [0.1, 0.15) is 32.3 Å². The molecule has 1 fully saturated rings. The predicted molar refractivity (Wildman–Crippen MR) is 72.3 cm³/mol. The molecular formula is C13H19BrN2. The summed E-state index contributed by atoms with van der Waals surface area (Å²) in [6.45, 7) is 6.86. The molecule has 1 heterocycles. The first kappa shape index (κ1) is 11.9. The van der Waals surface area contributed by atoms with Crippen molar-refractivity contribution in [1.82, 2.24) is 4.90 Å². The zero-order valence-corrected chi connectivity index (χ0v) is 11.5. The van der Waals surface area contributed by atoms with Gasteiger partial charge in [-0.25, -0.2) is 0 Å². The van der Waals surface area contributed by atoms with Gasteiger partial charge < -0.3 is 5.73 Å². The van der Waals surface area contributed by atoms with Gasteiger partial charge in [0.1, 0.15) is 0 Å². The van der Waals surface area contributed by atoms with Gasteiger partial charge in [-0.05, 0) is 50.9 Å². The second kappa shape index (κ2) is 4.38. The fourth-order valence-corrected chi connectivity index (χ4v) is 2.88. The summed E-state index contributed by atoms with van der Waals surface area (Å²) in [6, 6.07) is 6.08. The highest BCUT2D eigenvalue weighted by Crippen LogP contribution is 2.31. The molecule has 1 aliphatic heterocycles. The highest BCUT2D eigenvalue weighted by Gasteiger charge is 2.31. The summed E-state index contributed by atoms with van der Waals surface area (Å²) in [5.41, 5.74) is 8.22. The molecule has 0 aromatic heterocycles. The van der Waals surface area contributed by atoms with Gasteiger partial charge in [-0.2, -0.15) is 0 Å². The van der Waals surface area contributed by atoms with E-state index < -0.39 is 0 Å². The number of likely N-dealkylation sites (tertiary alicyclic amines) is 1. The van der Waals surface area contributed by atoms with E-state index in [0.717, 1.165) is 16.7 Å². The maximum Gasteiger partial charge on any atom is 0.0325 e. The summed E-state index contributed by atoms with van der Waals surface area (Å²) < 4.78 is 1.12. The van der Waals surface area contributed by atoms with Crippen LogP contribution in [0.3, 0.4) is 0 Å². The van der Waals surface area contributed by atoms with Crippen LogP contribution < -0.4 is 5.73 Å². The third-order valence-corrected chi connectivity index (χ3v) is 4.25. The van der Waals surface area contributed by atoms with Gasteiger partial charge in [0.05, 0.1) is 0 Å². The minimum atomic E-state index is 0.334. The second-order valence-electron chi connectivity index (χ2n) is 5.19. The fraction of sp³-hybridized carbons (Fsp3) is 0.538. The highest BCUT2D eigenvalue weighted by atomic mass is 79.9. The van der Waals surface area contributed by atoms with Crippen molar-refractivity contribution in [2.24, 2.45) is 0 Å². The highest BCUT2D eigenvalue weighted by molar-refractivity contribution is 9.10. The number of anilines is 1. The number of halogens is 1. The molecule has 0 radical (unpaired) electrons. The molecule has 0 unspecified atom stereocenters. The van der Waals surface area contributed by atoms with Crippen LogP contribution in [-0.4, -0.2) is 17.0 Å². The molecule has 3 heteroatoms. The third-order valence-electron chi connectivity index (χ3n) is 3.51. The Morgan fingerprint density at radius 2 is 2.19 bits per heavy atom. The van der Waals surface area contributed by atoms with Crippen molar-refractivity contribution in [2.45, 2.75) is 38.8 Å². The Kier molecular flexibility index (Phi) is 3.27. The summed E-state index contributed by atoms with van der Waals surface area (Å²) in [7, 11) is 0. The van der Waals surface area contributed by atoms with E-state index in [-0.39, 0.29) is 0 Å². The van der Waals surface area contributed by atoms with E-state index in [4.69, 9.17) is 5.73 Å². The van der Waals surface area contributed by atoms with Gasteiger partial charge >= 0.3 is 0 Å². The van der Waals surface area contributed by atoms with E-state index in [0.29, 0.717) is 5.54 Å². The first-order valence-corrected chi connectivity index (χ1v) is 6.57. The second-order valence-corrected chi connectivity index (χ2v) is 6.04. The lowest BCUT2D eigenvalue weighted by molar-refractivity contribution is 0.166. The Hall–Kier alpha value is -0.540. The lowest BCUT2D eigenvalue weighted by atomic mass is 10.0.